The van der Waals surface area contributed by atoms with E-state index >= 15 is 0 Å². The summed E-state index contributed by atoms with van der Waals surface area (Å²) in [5.41, 5.74) is 6.97. The molecule has 0 amide bonds. The molecule has 1 fully saturated rings. The van der Waals surface area contributed by atoms with Gasteiger partial charge in [0.05, 0.1) is 11.5 Å². The van der Waals surface area contributed by atoms with Gasteiger partial charge in [0.15, 0.2) is 0 Å². The summed E-state index contributed by atoms with van der Waals surface area (Å²) in [6, 6.07) is 10.4. The topological polar surface area (TPSA) is 119 Å². The second-order valence-electron chi connectivity index (χ2n) is 6.90. The molecule has 1 aromatic heterocycles. The van der Waals surface area contributed by atoms with Crippen molar-refractivity contribution in [2.45, 2.75) is 19.3 Å². The quantitative estimate of drug-likeness (QED) is 0.403. The van der Waals surface area contributed by atoms with Crippen molar-refractivity contribution in [2.24, 2.45) is 5.92 Å². The summed E-state index contributed by atoms with van der Waals surface area (Å²) in [4.78, 5) is 21.4. The maximum absolute atomic E-state index is 11.5. The van der Waals surface area contributed by atoms with E-state index in [1.54, 1.807) is 7.11 Å². The van der Waals surface area contributed by atoms with Crippen molar-refractivity contribution in [2.75, 3.05) is 49.3 Å². The minimum absolute atomic E-state index is 0.124. The highest BCUT2D eigenvalue weighted by Crippen LogP contribution is 2.34. The summed E-state index contributed by atoms with van der Waals surface area (Å²) in [6.45, 7) is 2.37. The monoisotopic (exact) mass is 386 g/mol. The Kier molecular flexibility index (Phi) is 6.59. The van der Waals surface area contributed by atoms with Crippen LogP contribution in [0.5, 0.6) is 0 Å². The van der Waals surface area contributed by atoms with Crippen LogP contribution >= 0.6 is 0 Å². The first kappa shape index (κ1) is 19.8. The van der Waals surface area contributed by atoms with Crippen LogP contribution in [0.4, 0.5) is 23.3 Å². The number of hydrogen-bond donors (Lipinski definition) is 2. The number of rotatable bonds is 8. The molecule has 0 bridgehead atoms. The van der Waals surface area contributed by atoms with Crippen LogP contribution in [0.3, 0.4) is 0 Å². The second kappa shape index (κ2) is 9.32. The third-order valence-corrected chi connectivity index (χ3v) is 4.95. The summed E-state index contributed by atoms with van der Waals surface area (Å²) in [7, 11) is 1.59. The second-order valence-corrected chi connectivity index (χ2v) is 6.90. The molecule has 1 aromatic carbocycles. The molecular formula is C19H26N6O3. The van der Waals surface area contributed by atoms with Gasteiger partial charge < -0.3 is 20.7 Å². The van der Waals surface area contributed by atoms with Crippen molar-refractivity contribution >= 4 is 23.3 Å². The number of ether oxygens (including phenoxy) is 1. The molecule has 0 unspecified atom stereocenters. The van der Waals surface area contributed by atoms with Gasteiger partial charge in [0.2, 0.25) is 17.6 Å². The SMILES string of the molecule is COCCNc1nc(N)c([N+](=O)[O-])c(N2CCC(Cc3ccccc3)CC2)n1. The van der Waals surface area contributed by atoms with Gasteiger partial charge in [-0.3, -0.25) is 10.1 Å². The zero-order valence-corrected chi connectivity index (χ0v) is 16.0. The van der Waals surface area contributed by atoms with Gasteiger partial charge in [0.1, 0.15) is 0 Å². The van der Waals surface area contributed by atoms with E-state index in [-0.39, 0.29) is 23.3 Å². The molecule has 1 aliphatic heterocycles. The van der Waals surface area contributed by atoms with Crippen LogP contribution in [0, 0.1) is 16.0 Å². The van der Waals surface area contributed by atoms with E-state index in [2.05, 4.69) is 39.6 Å². The van der Waals surface area contributed by atoms with Gasteiger partial charge in [0.25, 0.3) is 0 Å². The van der Waals surface area contributed by atoms with Gasteiger partial charge in [-0.05, 0) is 30.7 Å². The van der Waals surface area contributed by atoms with Gasteiger partial charge in [-0.2, -0.15) is 9.97 Å². The molecule has 0 spiro atoms. The molecule has 3 N–H and O–H groups in total. The van der Waals surface area contributed by atoms with Gasteiger partial charge in [0, 0.05) is 26.7 Å². The van der Waals surface area contributed by atoms with E-state index in [0.717, 1.165) is 19.3 Å². The molecule has 2 aromatic rings. The molecular weight excluding hydrogens is 360 g/mol. The Hall–Kier alpha value is -2.94. The van der Waals surface area contributed by atoms with Gasteiger partial charge >= 0.3 is 5.69 Å². The summed E-state index contributed by atoms with van der Waals surface area (Å²) in [6.07, 6.45) is 2.91. The summed E-state index contributed by atoms with van der Waals surface area (Å²) < 4.78 is 4.99. The van der Waals surface area contributed by atoms with Crippen molar-refractivity contribution in [3.63, 3.8) is 0 Å². The number of nitrogens with two attached hydrogens (primary N) is 1. The van der Waals surface area contributed by atoms with E-state index in [4.69, 9.17) is 10.5 Å². The summed E-state index contributed by atoms with van der Waals surface area (Å²) in [5.74, 6) is 0.995. The molecule has 2 heterocycles. The molecule has 28 heavy (non-hydrogen) atoms. The number of anilines is 3. The maximum atomic E-state index is 11.5. The van der Waals surface area contributed by atoms with Gasteiger partial charge in [-0.1, -0.05) is 30.3 Å². The Morgan fingerprint density at radius 3 is 2.64 bits per heavy atom. The zero-order valence-electron chi connectivity index (χ0n) is 16.0. The van der Waals surface area contributed by atoms with Crippen molar-refractivity contribution in [1.82, 2.24) is 9.97 Å². The molecule has 9 nitrogen and oxygen atoms in total. The highest BCUT2D eigenvalue weighted by Gasteiger charge is 2.30. The number of piperidine rings is 1. The van der Waals surface area contributed by atoms with Crippen LogP contribution in [0.2, 0.25) is 0 Å². The summed E-state index contributed by atoms with van der Waals surface area (Å²) in [5, 5.41) is 14.5. The Labute approximate surface area is 164 Å². The normalized spacial score (nSPS) is 14.8. The molecule has 0 radical (unpaired) electrons. The Morgan fingerprint density at radius 2 is 2.00 bits per heavy atom. The molecule has 3 rings (SSSR count). The van der Waals surface area contributed by atoms with Crippen LogP contribution in [-0.2, 0) is 11.2 Å². The molecule has 0 atom stereocenters. The lowest BCUT2D eigenvalue weighted by molar-refractivity contribution is -0.383. The van der Waals surface area contributed by atoms with E-state index < -0.39 is 4.92 Å². The molecule has 9 heteroatoms. The summed E-state index contributed by atoms with van der Waals surface area (Å²) >= 11 is 0. The number of aromatic nitrogens is 2. The number of nitrogen functional groups attached to an aromatic ring is 1. The highest BCUT2D eigenvalue weighted by atomic mass is 16.6. The first-order valence-corrected chi connectivity index (χ1v) is 9.42. The van der Waals surface area contributed by atoms with Crippen LogP contribution < -0.4 is 16.0 Å². The standard InChI is InChI=1S/C19H26N6O3/c1-28-12-9-21-19-22-17(20)16(25(26)27)18(23-19)24-10-7-15(8-11-24)13-14-5-3-2-4-6-14/h2-6,15H,7-13H2,1H3,(H3,20,21,22,23). The lowest BCUT2D eigenvalue weighted by Crippen LogP contribution is -2.35. The average Bonchev–Trinajstić information content (AvgIpc) is 2.69. The van der Waals surface area contributed by atoms with E-state index in [9.17, 15) is 10.1 Å². The van der Waals surface area contributed by atoms with Gasteiger partial charge in [-0.15, -0.1) is 0 Å². The Bertz CT molecular complexity index is 794. The number of nitrogens with zero attached hydrogens (tertiary/aromatic N) is 4. The van der Waals surface area contributed by atoms with Crippen molar-refractivity contribution in [3.05, 3.63) is 46.0 Å². The lowest BCUT2D eigenvalue weighted by atomic mass is 9.90. The maximum Gasteiger partial charge on any atom is 0.353 e. The van der Waals surface area contributed by atoms with Crippen LogP contribution in [-0.4, -0.2) is 48.2 Å². The van der Waals surface area contributed by atoms with Crippen LogP contribution in [0.15, 0.2) is 30.3 Å². The average molecular weight is 386 g/mol. The third kappa shape index (κ3) is 4.86. The highest BCUT2D eigenvalue weighted by molar-refractivity contribution is 5.71. The number of nitrogens with one attached hydrogen (secondary N) is 1. The molecule has 0 aliphatic carbocycles. The fourth-order valence-electron chi connectivity index (χ4n) is 3.50. The molecule has 1 aliphatic rings. The smallest absolute Gasteiger partial charge is 0.353 e. The minimum atomic E-state index is -0.500. The fraction of sp³-hybridized carbons (Fsp3) is 0.474. The lowest BCUT2D eigenvalue weighted by Gasteiger charge is -2.32. The van der Waals surface area contributed by atoms with Crippen LogP contribution in [0.25, 0.3) is 0 Å². The van der Waals surface area contributed by atoms with E-state index in [1.807, 2.05) is 11.0 Å². The van der Waals surface area contributed by atoms with Crippen LogP contribution in [0.1, 0.15) is 18.4 Å². The molecule has 1 saturated heterocycles. The predicted octanol–water partition coefficient (Wildman–Crippen LogP) is 2.48. The van der Waals surface area contributed by atoms with E-state index in [0.29, 0.717) is 32.2 Å². The fourth-order valence-corrected chi connectivity index (χ4v) is 3.50. The number of hydrogen-bond acceptors (Lipinski definition) is 8. The van der Waals surface area contributed by atoms with Crippen molar-refractivity contribution < 1.29 is 9.66 Å². The van der Waals surface area contributed by atoms with Crippen molar-refractivity contribution in [1.29, 1.82) is 0 Å². The first-order chi connectivity index (χ1) is 13.6. The Balaban J connectivity index is 1.72. The molecule has 150 valence electrons. The van der Waals surface area contributed by atoms with Gasteiger partial charge in [-0.25, -0.2) is 0 Å². The third-order valence-electron chi connectivity index (χ3n) is 4.95. The van der Waals surface area contributed by atoms with E-state index in [1.165, 1.54) is 5.56 Å². The number of methoxy groups -OCH3 is 1. The molecule has 0 saturated carbocycles. The number of benzene rings is 1. The largest absolute Gasteiger partial charge is 0.383 e. The van der Waals surface area contributed by atoms with Crippen molar-refractivity contribution in [3.8, 4) is 0 Å². The first-order valence-electron chi connectivity index (χ1n) is 9.42. The Morgan fingerprint density at radius 1 is 1.29 bits per heavy atom. The number of nitro groups is 1. The predicted molar refractivity (Wildman–Crippen MR) is 109 cm³/mol. The zero-order chi connectivity index (χ0) is 19.9. The minimum Gasteiger partial charge on any atom is -0.383 e.